The van der Waals surface area contributed by atoms with Gasteiger partial charge in [-0.05, 0) is 68.3 Å². The number of carbonyl (C=O) groups excluding carboxylic acids is 1. The molecule has 4 rings (SSSR count). The number of nitrogens with zero attached hydrogens (tertiary/aromatic N) is 1. The number of benzene rings is 2. The van der Waals surface area contributed by atoms with Crippen molar-refractivity contribution in [3.63, 3.8) is 0 Å². The monoisotopic (exact) mass is 377 g/mol. The molecule has 2 aliphatic heterocycles. The van der Waals surface area contributed by atoms with E-state index in [9.17, 15) is 4.79 Å². The summed E-state index contributed by atoms with van der Waals surface area (Å²) in [6, 6.07) is 20.5. The molecule has 0 aliphatic carbocycles. The molecule has 2 bridgehead atoms. The first-order valence-electron chi connectivity index (χ1n) is 10.5. The van der Waals surface area contributed by atoms with Crippen LogP contribution in [0.15, 0.2) is 54.6 Å². The molecule has 148 valence electrons. The molecule has 3 N–H and O–H groups in total. The van der Waals surface area contributed by atoms with E-state index in [0.717, 1.165) is 13.0 Å². The summed E-state index contributed by atoms with van der Waals surface area (Å²) in [6.07, 6.45) is 6.01. The number of primary amides is 1. The quantitative estimate of drug-likeness (QED) is 0.778. The molecular formula is C24H31N3O. The highest BCUT2D eigenvalue weighted by atomic mass is 16.1. The van der Waals surface area contributed by atoms with Crippen LogP contribution in [-0.4, -0.2) is 42.5 Å². The number of hydrogen-bond donors (Lipinski definition) is 2. The van der Waals surface area contributed by atoms with Crippen molar-refractivity contribution in [2.75, 3.05) is 13.6 Å². The number of nitrogens with one attached hydrogen (secondary N) is 1. The summed E-state index contributed by atoms with van der Waals surface area (Å²) in [4.78, 5) is 14.3. The van der Waals surface area contributed by atoms with E-state index in [0.29, 0.717) is 29.6 Å². The number of piperidine rings is 1. The van der Waals surface area contributed by atoms with Gasteiger partial charge in [-0.3, -0.25) is 9.69 Å². The van der Waals surface area contributed by atoms with Gasteiger partial charge in [-0.1, -0.05) is 42.5 Å². The molecule has 4 nitrogen and oxygen atoms in total. The molecule has 2 aromatic carbocycles. The first kappa shape index (κ1) is 19.2. The van der Waals surface area contributed by atoms with Crippen molar-refractivity contribution in [2.24, 2.45) is 5.73 Å². The highest BCUT2D eigenvalue weighted by Crippen LogP contribution is 2.43. The van der Waals surface area contributed by atoms with E-state index in [4.69, 9.17) is 5.73 Å². The summed E-state index contributed by atoms with van der Waals surface area (Å²) in [6.45, 7) is 1.11. The fourth-order valence-corrected chi connectivity index (χ4v) is 5.20. The SMILES string of the molecule is CNC(Cc1ccccc1)CN1[C@@H]2CC[C@H]1C[C@@H](c1cccc(C(N)=O)c1)C2. The highest BCUT2D eigenvalue weighted by molar-refractivity contribution is 5.92. The van der Waals surface area contributed by atoms with Gasteiger partial charge in [0.2, 0.25) is 5.91 Å². The fraction of sp³-hybridized carbons (Fsp3) is 0.458. The lowest BCUT2D eigenvalue weighted by Gasteiger charge is -2.41. The first-order chi connectivity index (χ1) is 13.6. The number of carbonyl (C=O) groups is 1. The second-order valence-electron chi connectivity index (χ2n) is 8.42. The minimum atomic E-state index is -0.333. The Kier molecular flexibility index (Phi) is 5.79. The van der Waals surface area contributed by atoms with Crippen LogP contribution in [0, 0.1) is 0 Å². The van der Waals surface area contributed by atoms with Crippen LogP contribution >= 0.6 is 0 Å². The van der Waals surface area contributed by atoms with Gasteiger partial charge >= 0.3 is 0 Å². The van der Waals surface area contributed by atoms with Crippen molar-refractivity contribution >= 4 is 5.91 Å². The number of hydrogen-bond acceptors (Lipinski definition) is 3. The van der Waals surface area contributed by atoms with Crippen LogP contribution in [0.5, 0.6) is 0 Å². The normalized spacial score (nSPS) is 25.5. The second-order valence-corrected chi connectivity index (χ2v) is 8.42. The Hall–Kier alpha value is -2.17. The zero-order chi connectivity index (χ0) is 19.5. The van der Waals surface area contributed by atoms with E-state index in [1.54, 1.807) is 0 Å². The van der Waals surface area contributed by atoms with Gasteiger partial charge in [0, 0.05) is 30.2 Å². The maximum atomic E-state index is 11.5. The number of rotatable bonds is 7. The van der Waals surface area contributed by atoms with Gasteiger partial charge in [0.05, 0.1) is 0 Å². The van der Waals surface area contributed by atoms with Gasteiger partial charge in [0.1, 0.15) is 0 Å². The average Bonchev–Trinajstić information content (AvgIpc) is 2.95. The van der Waals surface area contributed by atoms with Crippen LogP contribution < -0.4 is 11.1 Å². The van der Waals surface area contributed by atoms with E-state index in [2.05, 4.69) is 53.7 Å². The predicted octanol–water partition coefficient (Wildman–Crippen LogP) is 3.33. The van der Waals surface area contributed by atoms with Crippen LogP contribution in [-0.2, 0) is 6.42 Å². The van der Waals surface area contributed by atoms with Crippen LogP contribution in [0.4, 0.5) is 0 Å². The predicted molar refractivity (Wildman–Crippen MR) is 113 cm³/mol. The van der Waals surface area contributed by atoms with E-state index in [1.165, 1.54) is 36.8 Å². The molecule has 0 aromatic heterocycles. The van der Waals surface area contributed by atoms with Crippen molar-refractivity contribution in [3.05, 3.63) is 71.3 Å². The molecule has 0 saturated carbocycles. The molecule has 2 fully saturated rings. The minimum Gasteiger partial charge on any atom is -0.366 e. The molecule has 0 radical (unpaired) electrons. The van der Waals surface area contributed by atoms with Crippen molar-refractivity contribution in [1.29, 1.82) is 0 Å². The third kappa shape index (κ3) is 4.13. The first-order valence-corrected chi connectivity index (χ1v) is 10.5. The zero-order valence-electron chi connectivity index (χ0n) is 16.7. The van der Waals surface area contributed by atoms with Crippen molar-refractivity contribution < 1.29 is 4.79 Å². The lowest BCUT2D eigenvalue weighted by molar-refractivity contribution is 0.0999. The summed E-state index contributed by atoms with van der Waals surface area (Å²) in [7, 11) is 2.08. The van der Waals surface area contributed by atoms with Crippen molar-refractivity contribution in [2.45, 2.75) is 56.1 Å². The topological polar surface area (TPSA) is 58.4 Å². The van der Waals surface area contributed by atoms with E-state index < -0.39 is 0 Å². The fourth-order valence-electron chi connectivity index (χ4n) is 5.20. The Morgan fingerprint density at radius 1 is 1.11 bits per heavy atom. The third-order valence-corrected chi connectivity index (χ3v) is 6.69. The van der Waals surface area contributed by atoms with Gasteiger partial charge in [-0.15, -0.1) is 0 Å². The molecule has 4 heteroatoms. The Balaban J connectivity index is 1.42. The molecule has 2 aliphatic rings. The molecule has 1 unspecified atom stereocenters. The second kappa shape index (κ2) is 8.46. The van der Waals surface area contributed by atoms with Crippen molar-refractivity contribution in [3.8, 4) is 0 Å². The maximum absolute atomic E-state index is 11.5. The summed E-state index contributed by atoms with van der Waals surface area (Å²) >= 11 is 0. The summed E-state index contributed by atoms with van der Waals surface area (Å²) in [5, 5.41) is 3.54. The number of fused-ring (bicyclic) bond motifs is 2. The smallest absolute Gasteiger partial charge is 0.248 e. The average molecular weight is 378 g/mol. The lowest BCUT2D eigenvalue weighted by Crippen LogP contribution is -2.49. The minimum absolute atomic E-state index is 0.333. The van der Waals surface area contributed by atoms with Crippen LogP contribution in [0.25, 0.3) is 0 Å². The Morgan fingerprint density at radius 3 is 2.46 bits per heavy atom. The molecule has 28 heavy (non-hydrogen) atoms. The molecule has 4 atom stereocenters. The molecule has 2 heterocycles. The number of nitrogens with two attached hydrogens (primary N) is 1. The van der Waals surface area contributed by atoms with Gasteiger partial charge in [-0.2, -0.15) is 0 Å². The lowest BCUT2D eigenvalue weighted by atomic mass is 9.84. The largest absolute Gasteiger partial charge is 0.366 e. The van der Waals surface area contributed by atoms with E-state index >= 15 is 0 Å². The van der Waals surface area contributed by atoms with Gasteiger partial charge in [0.15, 0.2) is 0 Å². The maximum Gasteiger partial charge on any atom is 0.248 e. The summed E-state index contributed by atoms with van der Waals surface area (Å²) in [5.74, 6) is 0.204. The Bertz CT molecular complexity index is 793. The van der Waals surface area contributed by atoms with E-state index in [-0.39, 0.29) is 5.91 Å². The van der Waals surface area contributed by atoms with Gasteiger partial charge < -0.3 is 11.1 Å². The molecule has 1 amide bonds. The molecule has 2 saturated heterocycles. The third-order valence-electron chi connectivity index (χ3n) is 6.69. The van der Waals surface area contributed by atoms with Crippen LogP contribution in [0.3, 0.4) is 0 Å². The number of amides is 1. The van der Waals surface area contributed by atoms with Gasteiger partial charge in [-0.25, -0.2) is 0 Å². The van der Waals surface area contributed by atoms with E-state index in [1.807, 2.05) is 18.2 Å². The van der Waals surface area contributed by atoms with Crippen LogP contribution in [0.2, 0.25) is 0 Å². The van der Waals surface area contributed by atoms with Crippen LogP contribution in [0.1, 0.15) is 53.1 Å². The zero-order valence-corrected chi connectivity index (χ0v) is 16.7. The molecular weight excluding hydrogens is 346 g/mol. The highest BCUT2D eigenvalue weighted by Gasteiger charge is 2.41. The standard InChI is InChI=1S/C24H31N3O/c1-26-21(12-17-6-3-2-4-7-17)16-27-22-10-11-23(27)15-20(14-22)18-8-5-9-19(13-18)24(25)28/h2-9,13,20-23,26H,10-12,14-16H2,1H3,(H2,25,28)/t20-,21?,22+,23-. The molecule has 2 aromatic rings. The summed E-state index contributed by atoms with van der Waals surface area (Å²) in [5.41, 5.74) is 8.79. The Labute approximate surface area is 168 Å². The number of likely N-dealkylation sites (N-methyl/N-ethyl adjacent to an activating group) is 1. The Morgan fingerprint density at radius 2 is 1.82 bits per heavy atom. The summed E-state index contributed by atoms with van der Waals surface area (Å²) < 4.78 is 0. The van der Waals surface area contributed by atoms with Gasteiger partial charge in [0.25, 0.3) is 0 Å². The molecule has 0 spiro atoms. The van der Waals surface area contributed by atoms with Crippen molar-refractivity contribution in [1.82, 2.24) is 10.2 Å².